The van der Waals surface area contributed by atoms with E-state index in [1.165, 1.54) is 0 Å². The summed E-state index contributed by atoms with van der Waals surface area (Å²) in [6, 6.07) is 12.0. The third-order valence-electron chi connectivity index (χ3n) is 2.94. The summed E-state index contributed by atoms with van der Waals surface area (Å²) in [5, 5.41) is 0.554. The quantitative estimate of drug-likeness (QED) is 0.665. The van der Waals surface area contributed by atoms with Crippen LogP contribution in [0.4, 0.5) is 8.78 Å². The molecule has 0 bridgehead atoms. The zero-order valence-corrected chi connectivity index (χ0v) is 13.2. The Morgan fingerprint density at radius 1 is 0.826 bits per heavy atom. The van der Waals surface area contributed by atoms with E-state index in [1.807, 2.05) is 0 Å². The van der Waals surface area contributed by atoms with E-state index in [-0.39, 0.29) is 19.8 Å². The number of alkyl halides is 2. The number of benzene rings is 2. The smallest absolute Gasteiger partial charge is 0.129 e. The van der Waals surface area contributed by atoms with E-state index in [1.54, 1.807) is 42.5 Å². The maximum Gasteiger partial charge on any atom is 0.129 e. The molecule has 2 rings (SSSR count). The van der Waals surface area contributed by atoms with E-state index in [4.69, 9.17) is 25.8 Å². The Morgan fingerprint density at radius 3 is 2.00 bits per heavy atom. The molecule has 124 valence electrons. The van der Waals surface area contributed by atoms with Crippen molar-refractivity contribution in [1.29, 1.82) is 0 Å². The van der Waals surface area contributed by atoms with Gasteiger partial charge in [0.05, 0.1) is 5.56 Å². The largest absolute Gasteiger partial charge is 0.490 e. The standard InChI is InChI=1S/C17H17ClF2O3/c18-13-3-1-4-14(11-13)23-12-15-16(21-9-7-19)5-2-6-17(15)22-10-8-20/h1-6,11H,7-10,12H2. The first-order valence-corrected chi connectivity index (χ1v) is 7.50. The number of hydrogen-bond acceptors (Lipinski definition) is 3. The van der Waals surface area contributed by atoms with Crippen molar-refractivity contribution in [3.63, 3.8) is 0 Å². The molecule has 23 heavy (non-hydrogen) atoms. The molecule has 0 unspecified atom stereocenters. The Balaban J connectivity index is 2.18. The molecule has 0 spiro atoms. The van der Waals surface area contributed by atoms with Gasteiger partial charge in [-0.1, -0.05) is 23.7 Å². The molecular weight excluding hydrogens is 326 g/mol. The number of halogens is 3. The van der Waals surface area contributed by atoms with Crippen molar-refractivity contribution < 1.29 is 23.0 Å². The maximum absolute atomic E-state index is 12.4. The van der Waals surface area contributed by atoms with Crippen molar-refractivity contribution >= 4 is 11.6 Å². The van der Waals surface area contributed by atoms with Crippen molar-refractivity contribution in [2.24, 2.45) is 0 Å². The topological polar surface area (TPSA) is 27.7 Å². The van der Waals surface area contributed by atoms with Gasteiger partial charge in [-0.05, 0) is 30.3 Å². The normalized spacial score (nSPS) is 10.4. The first-order valence-electron chi connectivity index (χ1n) is 7.12. The molecule has 0 fully saturated rings. The van der Waals surface area contributed by atoms with Gasteiger partial charge in [0.15, 0.2) is 0 Å². The van der Waals surface area contributed by atoms with Crippen molar-refractivity contribution in [2.75, 3.05) is 26.6 Å². The molecular formula is C17H17ClF2O3. The number of hydrogen-bond donors (Lipinski definition) is 0. The summed E-state index contributed by atoms with van der Waals surface area (Å²) in [5.41, 5.74) is 0.592. The minimum atomic E-state index is -0.607. The molecule has 0 aliphatic carbocycles. The molecule has 2 aromatic rings. The van der Waals surface area contributed by atoms with Crippen LogP contribution in [0.3, 0.4) is 0 Å². The number of ether oxygens (including phenoxy) is 3. The molecule has 6 heteroatoms. The summed E-state index contributed by atoms with van der Waals surface area (Å²) in [6.45, 7) is -1.23. The lowest BCUT2D eigenvalue weighted by Crippen LogP contribution is -2.08. The predicted octanol–water partition coefficient (Wildman–Crippen LogP) is 4.62. The minimum absolute atomic E-state index is 0.0727. The average molecular weight is 343 g/mol. The van der Waals surface area contributed by atoms with Gasteiger partial charge in [0.1, 0.15) is 50.4 Å². The molecule has 0 aliphatic rings. The minimum Gasteiger partial charge on any atom is -0.490 e. The molecule has 3 nitrogen and oxygen atoms in total. The van der Waals surface area contributed by atoms with Crippen LogP contribution in [-0.2, 0) is 6.61 Å². The summed E-state index contributed by atoms with van der Waals surface area (Å²) >= 11 is 5.91. The van der Waals surface area contributed by atoms with Crippen LogP contribution >= 0.6 is 11.6 Å². The average Bonchev–Trinajstić information content (AvgIpc) is 2.57. The van der Waals surface area contributed by atoms with E-state index in [9.17, 15) is 8.78 Å². The van der Waals surface area contributed by atoms with Crippen LogP contribution in [0.5, 0.6) is 17.2 Å². The highest BCUT2D eigenvalue weighted by Crippen LogP contribution is 2.30. The van der Waals surface area contributed by atoms with Gasteiger partial charge < -0.3 is 14.2 Å². The Kier molecular flexibility index (Phi) is 6.94. The summed E-state index contributed by atoms with van der Waals surface area (Å²) < 4.78 is 41.1. The van der Waals surface area contributed by atoms with Crippen molar-refractivity contribution in [1.82, 2.24) is 0 Å². The van der Waals surface area contributed by atoms with E-state index in [0.717, 1.165) is 0 Å². The Bertz CT molecular complexity index is 596. The Morgan fingerprint density at radius 2 is 1.43 bits per heavy atom. The van der Waals surface area contributed by atoms with Gasteiger partial charge in [0.25, 0.3) is 0 Å². The molecule has 0 amide bonds. The molecule has 0 aliphatic heterocycles. The van der Waals surface area contributed by atoms with Gasteiger partial charge in [-0.15, -0.1) is 0 Å². The van der Waals surface area contributed by atoms with Gasteiger partial charge in [0, 0.05) is 5.02 Å². The third kappa shape index (κ3) is 5.28. The fourth-order valence-electron chi connectivity index (χ4n) is 1.97. The summed E-state index contributed by atoms with van der Waals surface area (Å²) in [6.07, 6.45) is 0. The van der Waals surface area contributed by atoms with Gasteiger partial charge in [-0.3, -0.25) is 0 Å². The van der Waals surface area contributed by atoms with Gasteiger partial charge in [-0.25, -0.2) is 8.78 Å². The second kappa shape index (κ2) is 9.20. The second-order valence-electron chi connectivity index (χ2n) is 4.55. The molecule has 0 saturated carbocycles. The summed E-state index contributed by atoms with van der Waals surface area (Å²) in [4.78, 5) is 0. The van der Waals surface area contributed by atoms with Gasteiger partial charge in [-0.2, -0.15) is 0 Å². The van der Waals surface area contributed by atoms with E-state index in [0.29, 0.717) is 27.8 Å². The predicted molar refractivity (Wildman–Crippen MR) is 85.2 cm³/mol. The van der Waals surface area contributed by atoms with E-state index >= 15 is 0 Å². The van der Waals surface area contributed by atoms with Crippen LogP contribution in [-0.4, -0.2) is 26.6 Å². The van der Waals surface area contributed by atoms with Crippen molar-refractivity contribution in [3.05, 3.63) is 53.1 Å². The molecule has 0 radical (unpaired) electrons. The highest BCUT2D eigenvalue weighted by molar-refractivity contribution is 6.30. The van der Waals surface area contributed by atoms with E-state index in [2.05, 4.69) is 0 Å². The third-order valence-corrected chi connectivity index (χ3v) is 3.17. The van der Waals surface area contributed by atoms with Crippen LogP contribution in [0.15, 0.2) is 42.5 Å². The van der Waals surface area contributed by atoms with Crippen molar-refractivity contribution in [2.45, 2.75) is 6.61 Å². The van der Waals surface area contributed by atoms with Gasteiger partial charge in [0.2, 0.25) is 0 Å². The highest BCUT2D eigenvalue weighted by atomic mass is 35.5. The fraction of sp³-hybridized carbons (Fsp3) is 0.294. The second-order valence-corrected chi connectivity index (χ2v) is 4.99. The Hall–Kier alpha value is -2.01. The molecule has 0 N–H and O–H groups in total. The molecule has 0 heterocycles. The highest BCUT2D eigenvalue weighted by Gasteiger charge is 2.12. The fourth-order valence-corrected chi connectivity index (χ4v) is 2.15. The zero-order valence-electron chi connectivity index (χ0n) is 12.4. The van der Waals surface area contributed by atoms with Crippen LogP contribution < -0.4 is 14.2 Å². The van der Waals surface area contributed by atoms with Crippen LogP contribution in [0, 0.1) is 0 Å². The lowest BCUT2D eigenvalue weighted by Gasteiger charge is -2.16. The van der Waals surface area contributed by atoms with Crippen LogP contribution in [0.1, 0.15) is 5.56 Å². The molecule has 0 atom stereocenters. The Labute approximate surface area is 138 Å². The first-order chi connectivity index (χ1) is 11.2. The summed E-state index contributed by atoms with van der Waals surface area (Å²) in [7, 11) is 0. The van der Waals surface area contributed by atoms with Crippen molar-refractivity contribution in [3.8, 4) is 17.2 Å². The first kappa shape index (κ1) is 17.3. The van der Waals surface area contributed by atoms with Crippen LogP contribution in [0.2, 0.25) is 5.02 Å². The lowest BCUT2D eigenvalue weighted by molar-refractivity contribution is 0.238. The molecule has 0 saturated heterocycles. The maximum atomic E-state index is 12.4. The number of rotatable bonds is 9. The van der Waals surface area contributed by atoms with E-state index < -0.39 is 13.3 Å². The van der Waals surface area contributed by atoms with Gasteiger partial charge >= 0.3 is 0 Å². The molecule has 2 aromatic carbocycles. The molecule has 0 aromatic heterocycles. The SMILES string of the molecule is FCCOc1cccc(OCCF)c1COc1cccc(Cl)c1. The zero-order chi connectivity index (χ0) is 16.5. The summed E-state index contributed by atoms with van der Waals surface area (Å²) in [5.74, 6) is 1.47. The lowest BCUT2D eigenvalue weighted by atomic mass is 10.2. The van der Waals surface area contributed by atoms with Crippen LogP contribution in [0.25, 0.3) is 0 Å². The monoisotopic (exact) mass is 342 g/mol.